The first kappa shape index (κ1) is 54.8. The number of carboxylic acid groups (broad SMARTS) is 1. The molecule has 0 bridgehead atoms. The highest BCUT2D eigenvalue weighted by Crippen LogP contribution is 2.38. The molecular weight excluding hydrogens is 881 g/mol. The van der Waals surface area contributed by atoms with Gasteiger partial charge in [0.1, 0.15) is 42.0 Å². The van der Waals surface area contributed by atoms with Gasteiger partial charge in [0.15, 0.2) is 0 Å². The predicted octanol–water partition coefficient (Wildman–Crippen LogP) is 14.7. The molecule has 2 heterocycles. The quantitative estimate of drug-likeness (QED) is 0.0534. The number of rotatable bonds is 24. The van der Waals surface area contributed by atoms with Gasteiger partial charge >= 0.3 is 23.9 Å². The van der Waals surface area contributed by atoms with Gasteiger partial charge < -0.3 is 28.8 Å². The third-order valence-electron chi connectivity index (χ3n) is 13.5. The average Bonchev–Trinajstić information content (AvgIpc) is 3.37. The van der Waals surface area contributed by atoms with Gasteiger partial charge in [-0.25, -0.2) is 0 Å². The van der Waals surface area contributed by atoms with E-state index in [1.54, 1.807) is 18.2 Å². The number of esters is 3. The van der Waals surface area contributed by atoms with Crippen LogP contribution < -0.4 is 23.7 Å². The lowest BCUT2D eigenvalue weighted by molar-refractivity contribution is -0.144. The summed E-state index contributed by atoms with van der Waals surface area (Å²) in [6, 6.07) is 26.4. The Balaban J connectivity index is 0.000000261. The second-order valence-corrected chi connectivity index (χ2v) is 18.6. The molecule has 4 aromatic carbocycles. The Morgan fingerprint density at radius 2 is 0.900 bits per heavy atom. The van der Waals surface area contributed by atoms with Crippen molar-refractivity contribution in [3.63, 3.8) is 0 Å². The van der Waals surface area contributed by atoms with E-state index in [2.05, 4.69) is 46.8 Å². The summed E-state index contributed by atoms with van der Waals surface area (Å²) in [7, 11) is 0. The molecule has 2 atom stereocenters. The predicted molar refractivity (Wildman–Crippen MR) is 279 cm³/mol. The Hall–Kier alpha value is -6.16. The molecule has 4 aromatic rings. The lowest BCUT2D eigenvalue weighted by Crippen LogP contribution is -2.35. The van der Waals surface area contributed by atoms with Crippen LogP contribution in [0.3, 0.4) is 0 Å². The zero-order valence-electron chi connectivity index (χ0n) is 42.9. The Morgan fingerprint density at radius 1 is 0.514 bits per heavy atom. The van der Waals surface area contributed by atoms with Gasteiger partial charge in [0.25, 0.3) is 0 Å². The van der Waals surface area contributed by atoms with Gasteiger partial charge in [0.05, 0.1) is 23.2 Å². The maximum Gasteiger partial charge on any atom is 0.314 e. The van der Waals surface area contributed by atoms with E-state index in [4.69, 9.17) is 23.7 Å². The second-order valence-electron chi connectivity index (χ2n) is 18.6. The Morgan fingerprint density at radius 3 is 1.29 bits per heavy atom. The van der Waals surface area contributed by atoms with Crippen LogP contribution in [0, 0.1) is 17.8 Å². The van der Waals surface area contributed by atoms with E-state index in [9.17, 15) is 24.3 Å². The molecule has 2 aliphatic heterocycles. The van der Waals surface area contributed by atoms with Gasteiger partial charge in [-0.1, -0.05) is 130 Å². The number of carboxylic acids is 1. The smallest absolute Gasteiger partial charge is 0.314 e. The second kappa shape index (κ2) is 27.3. The Bertz CT molecular complexity index is 2400. The maximum absolute atomic E-state index is 12.6. The van der Waals surface area contributed by atoms with E-state index >= 15 is 0 Å². The lowest BCUT2D eigenvalue weighted by atomic mass is 9.74. The van der Waals surface area contributed by atoms with E-state index < -0.39 is 11.4 Å². The fraction of sp³-hybridized carbons (Fsp3) is 0.467. The van der Waals surface area contributed by atoms with E-state index in [-0.39, 0.29) is 35.7 Å². The molecule has 1 N–H and O–H groups in total. The van der Waals surface area contributed by atoms with E-state index in [1.165, 1.54) is 0 Å². The number of hydrogen-bond donors (Lipinski definition) is 1. The maximum atomic E-state index is 12.6. The third kappa shape index (κ3) is 14.5. The van der Waals surface area contributed by atoms with Gasteiger partial charge in [0.2, 0.25) is 0 Å². The van der Waals surface area contributed by atoms with Crippen LogP contribution in [-0.2, 0) is 24.6 Å². The summed E-state index contributed by atoms with van der Waals surface area (Å²) >= 11 is 0. The van der Waals surface area contributed by atoms with Gasteiger partial charge in [-0.3, -0.25) is 19.2 Å². The number of hydrogen-bond acceptors (Lipinski definition) is 9. The fourth-order valence-electron chi connectivity index (χ4n) is 9.41. The molecule has 0 fully saturated rings. The van der Waals surface area contributed by atoms with Crippen molar-refractivity contribution >= 4 is 47.2 Å². The molecule has 0 amide bonds. The van der Waals surface area contributed by atoms with E-state index in [1.807, 2.05) is 87.5 Å². The average molecular weight is 957 g/mol. The number of fused-ring (bicyclic) bond motifs is 2. The monoisotopic (exact) mass is 957 g/mol. The molecule has 2 aliphatic rings. The number of ether oxygens (including phenoxy) is 5. The summed E-state index contributed by atoms with van der Waals surface area (Å²) in [6.07, 6.45) is 15.9. The highest BCUT2D eigenvalue weighted by atomic mass is 16.5. The molecule has 10 heteroatoms. The first-order valence-electron chi connectivity index (χ1n) is 25.9. The highest BCUT2D eigenvalue weighted by Gasteiger charge is 2.37. The summed E-state index contributed by atoms with van der Waals surface area (Å²) in [6.45, 7) is 17.2. The molecule has 10 nitrogen and oxygen atoms in total. The summed E-state index contributed by atoms with van der Waals surface area (Å²) in [5.41, 5.74) is 5.91. The summed E-state index contributed by atoms with van der Waals surface area (Å²) in [5.74, 6) is 1.52. The minimum absolute atomic E-state index is 0.0426. The molecule has 6 rings (SSSR count). The summed E-state index contributed by atoms with van der Waals surface area (Å²) < 4.78 is 28.9. The number of carbonyl (C=O) groups is 4. The topological polar surface area (TPSA) is 135 Å². The Kier molecular flexibility index (Phi) is 21.4. The zero-order valence-corrected chi connectivity index (χ0v) is 42.9. The van der Waals surface area contributed by atoms with Crippen molar-refractivity contribution in [2.24, 2.45) is 17.8 Å². The molecule has 0 aliphatic carbocycles. The van der Waals surface area contributed by atoms with Crippen LogP contribution in [0.5, 0.6) is 28.7 Å². The van der Waals surface area contributed by atoms with Crippen LogP contribution in [-0.4, -0.2) is 42.2 Å². The normalized spacial score (nSPS) is 14.0. The van der Waals surface area contributed by atoms with Gasteiger partial charge in [-0.2, -0.15) is 0 Å². The van der Waals surface area contributed by atoms with Crippen LogP contribution >= 0.6 is 0 Å². The van der Waals surface area contributed by atoms with Crippen molar-refractivity contribution in [2.45, 2.75) is 151 Å². The highest BCUT2D eigenvalue weighted by molar-refractivity contribution is 5.88. The van der Waals surface area contributed by atoms with Gasteiger partial charge in [-0.05, 0) is 128 Å². The zero-order chi connectivity index (χ0) is 50.6. The minimum atomic E-state index is -0.848. The van der Waals surface area contributed by atoms with Crippen molar-refractivity contribution < 1.29 is 48.0 Å². The van der Waals surface area contributed by atoms with Crippen LogP contribution in [0.25, 0.3) is 23.3 Å². The molecule has 0 radical (unpaired) electrons. The van der Waals surface area contributed by atoms with Crippen molar-refractivity contribution in [1.29, 1.82) is 0 Å². The molecular formula is C60H76O10. The molecule has 0 spiro atoms. The molecule has 0 aromatic heterocycles. The Labute approximate surface area is 416 Å². The first-order chi connectivity index (χ1) is 33.9. The van der Waals surface area contributed by atoms with Crippen molar-refractivity contribution in [3.8, 4) is 28.7 Å². The molecule has 376 valence electrons. The molecule has 0 saturated carbocycles. The number of carbonyl (C=O) groups excluding carboxylic acids is 3. The van der Waals surface area contributed by atoms with Crippen molar-refractivity contribution in [2.75, 3.05) is 13.2 Å². The van der Waals surface area contributed by atoms with Gasteiger partial charge in [0, 0.05) is 23.3 Å². The first-order valence-corrected chi connectivity index (χ1v) is 25.9. The fourth-order valence-corrected chi connectivity index (χ4v) is 9.41. The minimum Gasteiger partial charge on any atom is -0.488 e. The number of aliphatic carboxylic acids is 1. The lowest BCUT2D eigenvalue weighted by Gasteiger charge is -2.28. The van der Waals surface area contributed by atoms with E-state index in [0.717, 1.165) is 116 Å². The standard InChI is InChI=1S/C31H40O5.C29H36O5/c1-5-9-23(10-6-2)30(32)35-27-16-13-22(14-17-27)26-19-25-15-18-28(20-29(25)34-21-26)36-31(33)24(11-7-3)12-8-4;1-5-9-20(7-3)27(30)34-25-15-12-22-17-23(19-33-26(22)18-25)21-10-13-24(14-11-21)29(8-4,16-6-2)28(31)32/h13-20,23-24H,5-12,21H2,1-4H3;10-15,17-18,20H,5-9,16,19H2,1-4H3,(H,31,32). The van der Waals surface area contributed by atoms with Gasteiger partial charge in [-0.15, -0.1) is 0 Å². The largest absolute Gasteiger partial charge is 0.488 e. The molecule has 70 heavy (non-hydrogen) atoms. The summed E-state index contributed by atoms with van der Waals surface area (Å²) in [5, 5.41) is 9.92. The van der Waals surface area contributed by atoms with Crippen LogP contribution in [0.1, 0.15) is 173 Å². The van der Waals surface area contributed by atoms with Crippen LogP contribution in [0.4, 0.5) is 0 Å². The SMILES string of the molecule is CCCC(CC)C(=O)Oc1ccc2c(c1)OCC(c1ccc(C(CC)(CCC)C(=O)O)cc1)=C2.CCCC(CCC)C(=O)Oc1ccc(C2=Cc3ccc(OC(=O)C(CCC)CCC)cc3OC2)cc1. The van der Waals surface area contributed by atoms with Crippen LogP contribution in [0.15, 0.2) is 84.9 Å². The number of benzene rings is 4. The third-order valence-corrected chi connectivity index (χ3v) is 13.5. The summed E-state index contributed by atoms with van der Waals surface area (Å²) in [4.78, 5) is 49.6. The van der Waals surface area contributed by atoms with Crippen molar-refractivity contribution in [1.82, 2.24) is 0 Å². The van der Waals surface area contributed by atoms with Crippen LogP contribution in [0.2, 0.25) is 0 Å². The molecule has 0 saturated heterocycles. The van der Waals surface area contributed by atoms with E-state index in [0.29, 0.717) is 54.8 Å². The van der Waals surface area contributed by atoms with Crippen molar-refractivity contribution in [3.05, 3.63) is 113 Å². The molecule has 2 unspecified atom stereocenters.